The molecule has 0 unspecified atom stereocenters. The van der Waals surface area contributed by atoms with Crippen LogP contribution in [0.2, 0.25) is 0 Å². The largest absolute Gasteiger partial charge is 0.493 e. The zero-order chi connectivity index (χ0) is 14.2. The molecule has 1 heterocycles. The highest BCUT2D eigenvalue weighted by Gasteiger charge is 1.99. The van der Waals surface area contributed by atoms with Gasteiger partial charge in [-0.3, -0.25) is 0 Å². The number of hydrogen-bond donors (Lipinski definition) is 2. The highest BCUT2D eigenvalue weighted by molar-refractivity contribution is 5.48. The molecule has 5 nitrogen and oxygen atoms in total. The van der Waals surface area contributed by atoms with E-state index in [2.05, 4.69) is 21.4 Å². The van der Waals surface area contributed by atoms with Crippen LogP contribution in [0.15, 0.2) is 30.5 Å². The number of nitrogens with one attached hydrogen (secondary N) is 2. The molecule has 0 fully saturated rings. The summed E-state index contributed by atoms with van der Waals surface area (Å²) in [5, 5.41) is 11.8. The topological polar surface area (TPSA) is 73.7 Å². The van der Waals surface area contributed by atoms with E-state index in [-0.39, 0.29) is 0 Å². The molecule has 0 saturated carbocycles. The Morgan fingerprint density at radius 3 is 3.10 bits per heavy atom. The monoisotopic (exact) mass is 270 g/mol. The summed E-state index contributed by atoms with van der Waals surface area (Å²) in [6.45, 7) is 3.19. The number of benzene rings is 1. The van der Waals surface area contributed by atoms with E-state index in [1.165, 1.54) is 0 Å². The highest BCUT2D eigenvalue weighted by atomic mass is 16.5. The summed E-state index contributed by atoms with van der Waals surface area (Å²) in [5.74, 6) is 1.73. The maximum atomic E-state index is 8.46. The van der Waals surface area contributed by atoms with Crippen LogP contribution in [0.5, 0.6) is 5.75 Å². The molecule has 2 rings (SSSR count). The minimum Gasteiger partial charge on any atom is -0.493 e. The second-order valence-corrected chi connectivity index (χ2v) is 4.49. The minimum atomic E-state index is 0.525. The molecule has 0 radical (unpaired) electrons. The molecule has 0 amide bonds. The van der Waals surface area contributed by atoms with Crippen molar-refractivity contribution in [3.63, 3.8) is 0 Å². The predicted molar refractivity (Wildman–Crippen MR) is 77.4 cm³/mol. The van der Waals surface area contributed by atoms with Crippen LogP contribution in [0, 0.1) is 18.3 Å². The van der Waals surface area contributed by atoms with E-state index >= 15 is 0 Å². The molecule has 0 spiro atoms. The second-order valence-electron chi connectivity index (χ2n) is 4.49. The van der Waals surface area contributed by atoms with Gasteiger partial charge >= 0.3 is 0 Å². The molecule has 1 aromatic heterocycles. The normalized spacial score (nSPS) is 10.0. The van der Waals surface area contributed by atoms with Crippen LogP contribution in [-0.2, 0) is 6.54 Å². The first kappa shape index (κ1) is 13.9. The van der Waals surface area contributed by atoms with Gasteiger partial charge in [0.15, 0.2) is 0 Å². The number of nitrogens with zero attached hydrogens (tertiary/aromatic N) is 2. The van der Waals surface area contributed by atoms with Crippen molar-refractivity contribution in [1.29, 1.82) is 5.26 Å². The number of ether oxygens (including phenoxy) is 1. The Balaban J connectivity index is 1.84. The molecular weight excluding hydrogens is 252 g/mol. The van der Waals surface area contributed by atoms with E-state index in [4.69, 9.17) is 10.00 Å². The third kappa shape index (κ3) is 4.32. The Bertz CT molecular complexity index is 586. The Labute approximate surface area is 118 Å². The van der Waals surface area contributed by atoms with Gasteiger partial charge in [0.05, 0.1) is 31.1 Å². The summed E-state index contributed by atoms with van der Waals surface area (Å²) in [7, 11) is 0. The molecule has 1 aromatic carbocycles. The van der Waals surface area contributed by atoms with Crippen molar-refractivity contribution in [3.8, 4) is 11.8 Å². The zero-order valence-corrected chi connectivity index (χ0v) is 11.5. The Hall–Kier alpha value is -2.48. The first-order valence-electron chi connectivity index (χ1n) is 6.62. The van der Waals surface area contributed by atoms with Gasteiger partial charge in [-0.2, -0.15) is 5.26 Å². The molecule has 2 aromatic rings. The van der Waals surface area contributed by atoms with Crippen molar-refractivity contribution in [2.45, 2.75) is 26.3 Å². The number of hydrogen-bond acceptors (Lipinski definition) is 4. The van der Waals surface area contributed by atoms with Crippen LogP contribution < -0.4 is 10.1 Å². The van der Waals surface area contributed by atoms with Crippen LogP contribution in [-0.4, -0.2) is 16.6 Å². The number of nitriles is 1. The van der Waals surface area contributed by atoms with Gasteiger partial charge in [-0.05, 0) is 25.5 Å². The quantitative estimate of drug-likeness (QED) is 0.758. The second kappa shape index (κ2) is 7.19. The first-order valence-corrected chi connectivity index (χ1v) is 6.62. The summed E-state index contributed by atoms with van der Waals surface area (Å²) in [5.41, 5.74) is 2.04. The SMILES string of the molecule is Cc1ncc(CNc2cccc(OCCCC#N)c2)[nH]1. The fourth-order valence-electron chi connectivity index (χ4n) is 1.80. The van der Waals surface area contributed by atoms with E-state index < -0.39 is 0 Å². The van der Waals surface area contributed by atoms with Crippen molar-refractivity contribution in [3.05, 3.63) is 42.0 Å². The number of rotatable bonds is 7. The van der Waals surface area contributed by atoms with Gasteiger partial charge in [0, 0.05) is 18.2 Å². The van der Waals surface area contributed by atoms with Gasteiger partial charge in [-0.1, -0.05) is 6.07 Å². The molecule has 0 bridgehead atoms. The van der Waals surface area contributed by atoms with Gasteiger partial charge < -0.3 is 15.0 Å². The summed E-state index contributed by atoms with van der Waals surface area (Å²) in [6.07, 6.45) is 3.10. The van der Waals surface area contributed by atoms with Gasteiger partial charge in [0.2, 0.25) is 0 Å². The highest BCUT2D eigenvalue weighted by Crippen LogP contribution is 2.18. The third-order valence-electron chi connectivity index (χ3n) is 2.77. The summed E-state index contributed by atoms with van der Waals surface area (Å²) in [4.78, 5) is 7.33. The predicted octanol–water partition coefficient (Wildman–Crippen LogP) is 3.01. The standard InChI is InChI=1S/C15H18N4O/c1-12-17-10-14(19-12)11-18-13-5-4-6-15(9-13)20-8-3-2-7-16/h4-6,9-10,18H,2-3,8,11H2,1H3,(H,17,19). The van der Waals surface area contributed by atoms with E-state index in [9.17, 15) is 0 Å². The molecule has 20 heavy (non-hydrogen) atoms. The molecule has 5 heteroatoms. The maximum absolute atomic E-state index is 8.46. The Morgan fingerprint density at radius 2 is 2.35 bits per heavy atom. The van der Waals surface area contributed by atoms with Gasteiger partial charge in [0.25, 0.3) is 0 Å². The summed E-state index contributed by atoms with van der Waals surface area (Å²) < 4.78 is 5.59. The molecule has 2 N–H and O–H groups in total. The Kier molecular flexibility index (Phi) is 5.01. The van der Waals surface area contributed by atoms with Crippen molar-refractivity contribution in [2.24, 2.45) is 0 Å². The van der Waals surface area contributed by atoms with Crippen LogP contribution >= 0.6 is 0 Å². The lowest BCUT2D eigenvalue weighted by atomic mass is 10.3. The number of unbranched alkanes of at least 4 members (excludes halogenated alkanes) is 1. The van der Waals surface area contributed by atoms with Crippen LogP contribution in [0.25, 0.3) is 0 Å². The molecule has 0 saturated heterocycles. The smallest absolute Gasteiger partial charge is 0.121 e. The van der Waals surface area contributed by atoms with Crippen LogP contribution in [0.3, 0.4) is 0 Å². The number of aromatic nitrogens is 2. The van der Waals surface area contributed by atoms with Crippen molar-refractivity contribution in [1.82, 2.24) is 9.97 Å². The first-order chi connectivity index (χ1) is 9.78. The zero-order valence-electron chi connectivity index (χ0n) is 11.5. The number of aromatic amines is 1. The third-order valence-corrected chi connectivity index (χ3v) is 2.77. The fourth-order valence-corrected chi connectivity index (χ4v) is 1.80. The van der Waals surface area contributed by atoms with Crippen molar-refractivity contribution >= 4 is 5.69 Å². The van der Waals surface area contributed by atoms with Crippen LogP contribution in [0.1, 0.15) is 24.4 Å². The molecule has 104 valence electrons. The molecule has 0 aliphatic rings. The van der Waals surface area contributed by atoms with E-state index in [0.717, 1.165) is 29.4 Å². The summed E-state index contributed by atoms with van der Waals surface area (Å²) in [6, 6.07) is 9.91. The molecule has 0 atom stereocenters. The lowest BCUT2D eigenvalue weighted by molar-refractivity contribution is 0.313. The number of H-pyrrole nitrogens is 1. The van der Waals surface area contributed by atoms with Gasteiger partial charge in [-0.25, -0.2) is 4.98 Å². The Morgan fingerprint density at radius 1 is 1.45 bits per heavy atom. The van der Waals surface area contributed by atoms with Gasteiger partial charge in [-0.15, -0.1) is 0 Å². The number of imidazole rings is 1. The lowest BCUT2D eigenvalue weighted by Gasteiger charge is -2.08. The number of anilines is 1. The van der Waals surface area contributed by atoms with Crippen molar-refractivity contribution in [2.75, 3.05) is 11.9 Å². The van der Waals surface area contributed by atoms with Gasteiger partial charge in [0.1, 0.15) is 11.6 Å². The maximum Gasteiger partial charge on any atom is 0.121 e. The fraction of sp³-hybridized carbons (Fsp3) is 0.333. The molecule has 0 aliphatic heterocycles. The van der Waals surface area contributed by atoms with Crippen LogP contribution in [0.4, 0.5) is 5.69 Å². The average Bonchev–Trinajstić information content (AvgIpc) is 2.88. The average molecular weight is 270 g/mol. The lowest BCUT2D eigenvalue weighted by Crippen LogP contribution is -2.01. The summed E-state index contributed by atoms with van der Waals surface area (Å²) >= 11 is 0. The van der Waals surface area contributed by atoms with E-state index in [1.54, 1.807) is 0 Å². The number of aryl methyl sites for hydroxylation is 1. The molecular formula is C15H18N4O. The van der Waals surface area contributed by atoms with Crippen molar-refractivity contribution < 1.29 is 4.74 Å². The molecule has 0 aliphatic carbocycles. The van der Waals surface area contributed by atoms with E-state index in [0.29, 0.717) is 19.6 Å². The van der Waals surface area contributed by atoms with E-state index in [1.807, 2.05) is 37.4 Å². The minimum absolute atomic E-state index is 0.525.